The van der Waals surface area contributed by atoms with Gasteiger partial charge in [0.2, 0.25) is 5.91 Å². The summed E-state index contributed by atoms with van der Waals surface area (Å²) >= 11 is 9.31. The number of hydrogen-bond acceptors (Lipinski definition) is 3. The first-order valence-corrected chi connectivity index (χ1v) is 6.30. The number of rotatable bonds is 4. The maximum absolute atomic E-state index is 11.0. The molecule has 4 nitrogen and oxygen atoms in total. The van der Waals surface area contributed by atoms with Crippen molar-refractivity contribution in [1.82, 2.24) is 0 Å². The van der Waals surface area contributed by atoms with Gasteiger partial charge in [-0.15, -0.1) is 0 Å². The largest absolute Gasteiger partial charge is 0.466 e. The van der Waals surface area contributed by atoms with Gasteiger partial charge in [0.05, 0.1) is 27.9 Å². The van der Waals surface area contributed by atoms with Crippen molar-refractivity contribution in [2.75, 3.05) is 5.32 Å². The zero-order chi connectivity index (χ0) is 13.1. The van der Waals surface area contributed by atoms with E-state index in [1.807, 2.05) is 6.07 Å². The van der Waals surface area contributed by atoms with Crippen LogP contribution < -0.4 is 11.1 Å². The number of primary amides is 1. The van der Waals surface area contributed by atoms with Gasteiger partial charge in [-0.3, -0.25) is 4.79 Å². The Labute approximate surface area is 117 Å². The summed E-state index contributed by atoms with van der Waals surface area (Å²) in [6.45, 7) is 0.514. The molecule has 1 amide bonds. The topological polar surface area (TPSA) is 68.3 Å². The Kier molecular flexibility index (Phi) is 3.93. The number of carbonyl (C=O) groups excluding carboxylic acids is 1. The van der Waals surface area contributed by atoms with E-state index in [9.17, 15) is 4.79 Å². The van der Waals surface area contributed by atoms with Crippen LogP contribution >= 0.6 is 27.5 Å². The van der Waals surface area contributed by atoms with E-state index in [-0.39, 0.29) is 0 Å². The van der Waals surface area contributed by atoms with Crippen molar-refractivity contribution in [2.24, 2.45) is 5.73 Å². The molecule has 0 fully saturated rings. The molecule has 0 radical (unpaired) electrons. The van der Waals surface area contributed by atoms with Crippen molar-refractivity contribution in [3.63, 3.8) is 0 Å². The fourth-order valence-corrected chi connectivity index (χ4v) is 2.07. The normalized spacial score (nSPS) is 10.3. The molecule has 0 aliphatic carbocycles. The molecule has 0 saturated heterocycles. The fraction of sp³-hybridized carbons (Fsp3) is 0.0833. The van der Waals surface area contributed by atoms with Gasteiger partial charge in [-0.05, 0) is 40.2 Å². The third kappa shape index (κ3) is 2.86. The molecule has 94 valence electrons. The summed E-state index contributed by atoms with van der Waals surface area (Å²) in [6, 6.07) is 6.80. The van der Waals surface area contributed by atoms with Gasteiger partial charge in [-0.2, -0.15) is 0 Å². The minimum Gasteiger partial charge on any atom is -0.466 e. The van der Waals surface area contributed by atoms with Gasteiger partial charge in [0.15, 0.2) is 0 Å². The summed E-state index contributed by atoms with van der Waals surface area (Å²) in [6.07, 6.45) is 1.60. The summed E-state index contributed by atoms with van der Waals surface area (Å²) in [4.78, 5) is 11.0. The number of nitrogens with one attached hydrogen (secondary N) is 1. The molecule has 0 bridgehead atoms. The molecule has 0 unspecified atom stereocenters. The summed E-state index contributed by atoms with van der Waals surface area (Å²) in [7, 11) is 0. The highest BCUT2D eigenvalue weighted by molar-refractivity contribution is 9.10. The van der Waals surface area contributed by atoms with Crippen LogP contribution in [0.5, 0.6) is 0 Å². The first-order valence-electron chi connectivity index (χ1n) is 5.13. The average Bonchev–Trinajstić information content (AvgIpc) is 2.72. The molecule has 3 N–H and O–H groups in total. The van der Waals surface area contributed by atoms with Crippen molar-refractivity contribution in [2.45, 2.75) is 6.54 Å². The minimum absolute atomic E-state index is 0.307. The maximum atomic E-state index is 11.0. The molecule has 0 aliphatic heterocycles. The van der Waals surface area contributed by atoms with Crippen LogP contribution in [-0.2, 0) is 6.54 Å². The van der Waals surface area contributed by atoms with Crippen LogP contribution in [0.3, 0.4) is 0 Å². The van der Waals surface area contributed by atoms with Crippen LogP contribution in [0, 0.1) is 0 Å². The SMILES string of the molecule is NC(=O)c1ccc(NCc2occc2Br)cc1Cl. The number of anilines is 1. The Morgan fingerprint density at radius 3 is 2.78 bits per heavy atom. The van der Waals surface area contributed by atoms with Gasteiger partial charge in [0, 0.05) is 5.69 Å². The monoisotopic (exact) mass is 328 g/mol. The Morgan fingerprint density at radius 2 is 2.22 bits per heavy atom. The number of nitrogens with two attached hydrogens (primary N) is 1. The Hall–Kier alpha value is -1.46. The van der Waals surface area contributed by atoms with Crippen molar-refractivity contribution in [3.05, 3.63) is 51.3 Å². The molecule has 1 aromatic carbocycles. The standard InChI is InChI=1S/C12H10BrClN2O2/c13-9-3-4-18-11(9)6-16-7-1-2-8(12(15)17)10(14)5-7/h1-5,16H,6H2,(H2,15,17). The van der Waals surface area contributed by atoms with Gasteiger partial charge in [0.25, 0.3) is 0 Å². The number of benzene rings is 1. The Bertz CT molecular complexity index is 583. The molecule has 0 spiro atoms. The van der Waals surface area contributed by atoms with E-state index in [1.165, 1.54) is 0 Å². The second-order valence-corrected chi connectivity index (χ2v) is 4.87. The number of carbonyl (C=O) groups is 1. The first kappa shape index (κ1) is 13.0. The molecule has 6 heteroatoms. The van der Waals surface area contributed by atoms with Crippen molar-refractivity contribution in [1.29, 1.82) is 0 Å². The number of halogens is 2. The van der Waals surface area contributed by atoms with E-state index in [0.29, 0.717) is 17.1 Å². The summed E-state index contributed by atoms with van der Waals surface area (Å²) in [5.41, 5.74) is 6.26. The predicted octanol–water partition coefficient (Wildman–Crippen LogP) is 3.41. The molecule has 1 heterocycles. The van der Waals surface area contributed by atoms with Crippen molar-refractivity contribution >= 4 is 39.1 Å². The van der Waals surface area contributed by atoms with Gasteiger partial charge in [-0.25, -0.2) is 0 Å². The third-order valence-electron chi connectivity index (χ3n) is 2.38. The van der Waals surface area contributed by atoms with Crippen LogP contribution in [0.15, 0.2) is 39.4 Å². The lowest BCUT2D eigenvalue weighted by Gasteiger charge is -2.07. The molecule has 2 rings (SSSR count). The van der Waals surface area contributed by atoms with E-state index in [1.54, 1.807) is 24.5 Å². The second kappa shape index (κ2) is 5.46. The van der Waals surface area contributed by atoms with Crippen LogP contribution in [0.25, 0.3) is 0 Å². The van der Waals surface area contributed by atoms with Crippen LogP contribution in [0.1, 0.15) is 16.1 Å². The molecular formula is C12H10BrClN2O2. The third-order valence-corrected chi connectivity index (χ3v) is 3.40. The zero-order valence-corrected chi connectivity index (χ0v) is 11.6. The first-order chi connectivity index (χ1) is 8.58. The smallest absolute Gasteiger partial charge is 0.250 e. The molecule has 0 atom stereocenters. The molecule has 1 aromatic heterocycles. The lowest BCUT2D eigenvalue weighted by Crippen LogP contribution is -2.11. The van der Waals surface area contributed by atoms with Crippen molar-refractivity contribution in [3.8, 4) is 0 Å². The van der Waals surface area contributed by atoms with Crippen LogP contribution in [-0.4, -0.2) is 5.91 Å². The highest BCUT2D eigenvalue weighted by Crippen LogP contribution is 2.23. The summed E-state index contributed by atoms with van der Waals surface area (Å²) < 4.78 is 6.16. The summed E-state index contributed by atoms with van der Waals surface area (Å²) in [5, 5.41) is 3.46. The van der Waals surface area contributed by atoms with Gasteiger partial charge >= 0.3 is 0 Å². The molecule has 2 aromatic rings. The van der Waals surface area contributed by atoms with Crippen LogP contribution in [0.2, 0.25) is 5.02 Å². The summed E-state index contributed by atoms with van der Waals surface area (Å²) in [5.74, 6) is 0.241. The minimum atomic E-state index is -0.541. The van der Waals surface area contributed by atoms with E-state index in [0.717, 1.165) is 15.9 Å². The quantitative estimate of drug-likeness (QED) is 0.903. The van der Waals surface area contributed by atoms with Gasteiger partial charge < -0.3 is 15.5 Å². The van der Waals surface area contributed by atoms with E-state index >= 15 is 0 Å². The molecule has 18 heavy (non-hydrogen) atoms. The predicted molar refractivity (Wildman–Crippen MR) is 73.7 cm³/mol. The zero-order valence-electron chi connectivity index (χ0n) is 9.24. The highest BCUT2D eigenvalue weighted by Gasteiger charge is 2.08. The van der Waals surface area contributed by atoms with Crippen molar-refractivity contribution < 1.29 is 9.21 Å². The lowest BCUT2D eigenvalue weighted by atomic mass is 10.2. The van der Waals surface area contributed by atoms with E-state index < -0.39 is 5.91 Å². The van der Waals surface area contributed by atoms with E-state index in [2.05, 4.69) is 21.2 Å². The number of hydrogen-bond donors (Lipinski definition) is 2. The Morgan fingerprint density at radius 1 is 1.44 bits per heavy atom. The van der Waals surface area contributed by atoms with Crippen LogP contribution in [0.4, 0.5) is 5.69 Å². The molecular weight excluding hydrogens is 320 g/mol. The average molecular weight is 330 g/mol. The van der Waals surface area contributed by atoms with Gasteiger partial charge in [-0.1, -0.05) is 11.6 Å². The Balaban J connectivity index is 2.09. The number of furan rings is 1. The second-order valence-electron chi connectivity index (χ2n) is 3.60. The molecule has 0 saturated carbocycles. The fourth-order valence-electron chi connectivity index (χ4n) is 1.46. The van der Waals surface area contributed by atoms with E-state index in [4.69, 9.17) is 21.8 Å². The number of amides is 1. The molecule has 0 aliphatic rings. The van der Waals surface area contributed by atoms with Gasteiger partial charge in [0.1, 0.15) is 5.76 Å². The maximum Gasteiger partial charge on any atom is 0.250 e. The highest BCUT2D eigenvalue weighted by atomic mass is 79.9. The lowest BCUT2D eigenvalue weighted by molar-refractivity contribution is 0.100.